The van der Waals surface area contributed by atoms with E-state index in [9.17, 15) is 0 Å². The Bertz CT molecular complexity index is 400. The predicted molar refractivity (Wildman–Crippen MR) is 74.9 cm³/mol. The molecular weight excluding hydrogens is 204 g/mol. The van der Waals surface area contributed by atoms with E-state index in [0.29, 0.717) is 5.92 Å². The second-order valence-electron chi connectivity index (χ2n) is 4.74. The average Bonchev–Trinajstić information content (AvgIpc) is 3.14. The highest BCUT2D eigenvalue weighted by molar-refractivity contribution is 5.36. The molecule has 0 heterocycles. The van der Waals surface area contributed by atoms with Crippen LogP contribution in [0.25, 0.3) is 0 Å². The molecule has 2 unspecified atom stereocenters. The maximum Gasteiger partial charge on any atom is -0.00903 e. The second-order valence-corrected chi connectivity index (χ2v) is 4.74. The summed E-state index contributed by atoms with van der Waals surface area (Å²) in [6.07, 6.45) is 10.9. The molecule has 2 atom stereocenters. The molecule has 1 aliphatic carbocycles. The lowest BCUT2D eigenvalue weighted by molar-refractivity contribution is 0.930. The summed E-state index contributed by atoms with van der Waals surface area (Å²) in [4.78, 5) is 0. The first kappa shape index (κ1) is 12.2. The zero-order chi connectivity index (χ0) is 12.1. The lowest BCUT2D eigenvalue weighted by atomic mass is 9.98. The molecule has 0 bridgehead atoms. The topological polar surface area (TPSA) is 0 Å². The number of hydrogen-bond donors (Lipinski definition) is 0. The van der Waals surface area contributed by atoms with Gasteiger partial charge in [-0.3, -0.25) is 0 Å². The average molecular weight is 225 g/mol. The predicted octanol–water partition coefficient (Wildman–Crippen LogP) is 4.69. The van der Waals surface area contributed by atoms with E-state index < -0.39 is 0 Å². The maximum atomic E-state index is 3.90. The molecule has 0 spiro atoms. The van der Waals surface area contributed by atoms with Gasteiger partial charge in [0.15, 0.2) is 0 Å². The molecule has 0 saturated heterocycles. The van der Waals surface area contributed by atoms with Crippen LogP contribution in [-0.2, 0) is 6.42 Å². The maximum absolute atomic E-state index is 3.90. The summed E-state index contributed by atoms with van der Waals surface area (Å²) in [5, 5.41) is 0. The summed E-state index contributed by atoms with van der Waals surface area (Å²) >= 11 is 0. The minimum absolute atomic E-state index is 0.714. The van der Waals surface area contributed by atoms with Crippen molar-refractivity contribution in [2.45, 2.75) is 31.6 Å². The van der Waals surface area contributed by atoms with E-state index >= 15 is 0 Å². The molecule has 1 aromatic rings. The zero-order valence-corrected chi connectivity index (χ0v) is 10.4. The fourth-order valence-corrected chi connectivity index (χ4v) is 2.43. The molecule has 1 aliphatic rings. The van der Waals surface area contributed by atoms with Crippen molar-refractivity contribution < 1.29 is 0 Å². The SMILES string of the molecule is [CH2]C/C=C\CCc1ccccc1C1CC1C=C. The number of rotatable bonds is 6. The Balaban J connectivity index is 2.01. The summed E-state index contributed by atoms with van der Waals surface area (Å²) in [6, 6.07) is 8.86. The minimum atomic E-state index is 0.714. The molecular formula is C17H21. The smallest absolute Gasteiger partial charge is 0.00903 e. The molecule has 1 fully saturated rings. The van der Waals surface area contributed by atoms with Gasteiger partial charge in [-0.05, 0) is 55.6 Å². The fraction of sp³-hybridized carbons (Fsp3) is 0.353. The molecule has 2 rings (SSSR count). The van der Waals surface area contributed by atoms with Gasteiger partial charge in [0.05, 0.1) is 0 Å². The first-order chi connectivity index (χ1) is 8.36. The molecule has 0 heteroatoms. The van der Waals surface area contributed by atoms with Crippen molar-refractivity contribution >= 4 is 0 Å². The lowest BCUT2D eigenvalue weighted by Crippen LogP contribution is -1.92. The Morgan fingerprint density at radius 1 is 1.24 bits per heavy atom. The quantitative estimate of drug-likeness (QED) is 0.616. The van der Waals surface area contributed by atoms with Crippen LogP contribution in [0, 0.1) is 12.8 Å². The Labute approximate surface area is 105 Å². The van der Waals surface area contributed by atoms with Gasteiger partial charge in [-0.2, -0.15) is 0 Å². The summed E-state index contributed by atoms with van der Waals surface area (Å²) < 4.78 is 0. The molecule has 0 aliphatic heterocycles. The van der Waals surface area contributed by atoms with Gasteiger partial charge in [-0.25, -0.2) is 0 Å². The van der Waals surface area contributed by atoms with E-state index in [1.807, 2.05) is 0 Å². The lowest BCUT2D eigenvalue weighted by Gasteiger charge is -2.07. The van der Waals surface area contributed by atoms with E-state index in [-0.39, 0.29) is 0 Å². The van der Waals surface area contributed by atoms with Gasteiger partial charge in [-0.1, -0.05) is 42.5 Å². The van der Waals surface area contributed by atoms with Crippen molar-refractivity contribution in [3.05, 3.63) is 67.1 Å². The third kappa shape index (κ3) is 3.09. The highest BCUT2D eigenvalue weighted by Crippen LogP contribution is 2.49. The second kappa shape index (κ2) is 5.86. The molecule has 0 N–H and O–H groups in total. The van der Waals surface area contributed by atoms with Crippen LogP contribution >= 0.6 is 0 Å². The molecule has 89 valence electrons. The van der Waals surface area contributed by atoms with Crippen LogP contribution in [0.5, 0.6) is 0 Å². The summed E-state index contributed by atoms with van der Waals surface area (Å²) in [5.74, 6) is 1.45. The first-order valence-electron chi connectivity index (χ1n) is 6.51. The highest BCUT2D eigenvalue weighted by atomic mass is 14.4. The minimum Gasteiger partial charge on any atom is -0.103 e. The van der Waals surface area contributed by atoms with Gasteiger partial charge in [0.25, 0.3) is 0 Å². The molecule has 1 aromatic carbocycles. The number of hydrogen-bond acceptors (Lipinski definition) is 0. The summed E-state index contributed by atoms with van der Waals surface area (Å²) in [7, 11) is 0. The van der Waals surface area contributed by atoms with Gasteiger partial charge in [0, 0.05) is 0 Å². The van der Waals surface area contributed by atoms with E-state index in [1.54, 1.807) is 5.56 Å². The highest BCUT2D eigenvalue weighted by Gasteiger charge is 2.36. The van der Waals surface area contributed by atoms with Crippen molar-refractivity contribution in [2.24, 2.45) is 5.92 Å². The van der Waals surface area contributed by atoms with Gasteiger partial charge >= 0.3 is 0 Å². The third-order valence-electron chi connectivity index (χ3n) is 3.51. The monoisotopic (exact) mass is 225 g/mol. The standard InChI is InChI=1S/C17H21/c1-3-5-6-7-10-15-11-8-9-12-16(15)17-13-14(17)4-2/h4-6,8-9,11-12,14,17H,1-3,7,10,13H2/b6-5-. The van der Waals surface area contributed by atoms with Crippen LogP contribution in [0.4, 0.5) is 0 Å². The Hall–Kier alpha value is -1.30. The Kier molecular flexibility index (Phi) is 4.19. The molecule has 0 nitrogen and oxygen atoms in total. The van der Waals surface area contributed by atoms with Crippen molar-refractivity contribution in [2.75, 3.05) is 0 Å². The molecule has 0 aromatic heterocycles. The van der Waals surface area contributed by atoms with Crippen LogP contribution in [0.2, 0.25) is 0 Å². The van der Waals surface area contributed by atoms with Gasteiger partial charge in [-0.15, -0.1) is 6.58 Å². The van der Waals surface area contributed by atoms with Crippen molar-refractivity contribution in [3.63, 3.8) is 0 Å². The van der Waals surface area contributed by atoms with E-state index in [1.165, 1.54) is 12.0 Å². The van der Waals surface area contributed by atoms with E-state index in [2.05, 4.69) is 56.0 Å². The zero-order valence-electron chi connectivity index (χ0n) is 10.4. The number of aryl methyl sites for hydroxylation is 1. The van der Waals surface area contributed by atoms with Crippen molar-refractivity contribution in [1.82, 2.24) is 0 Å². The first-order valence-corrected chi connectivity index (χ1v) is 6.51. The summed E-state index contributed by atoms with van der Waals surface area (Å²) in [5.41, 5.74) is 3.05. The van der Waals surface area contributed by atoms with Crippen LogP contribution in [0.15, 0.2) is 49.1 Å². The summed E-state index contributed by atoms with van der Waals surface area (Å²) in [6.45, 7) is 7.71. The molecule has 17 heavy (non-hydrogen) atoms. The van der Waals surface area contributed by atoms with Gasteiger partial charge in [0.2, 0.25) is 0 Å². The number of benzene rings is 1. The molecule has 1 saturated carbocycles. The van der Waals surface area contributed by atoms with Crippen molar-refractivity contribution in [3.8, 4) is 0 Å². The molecule has 1 radical (unpaired) electrons. The Morgan fingerprint density at radius 3 is 2.76 bits per heavy atom. The van der Waals surface area contributed by atoms with E-state index in [4.69, 9.17) is 0 Å². The van der Waals surface area contributed by atoms with Crippen LogP contribution < -0.4 is 0 Å². The normalized spacial score (nSPS) is 22.9. The van der Waals surface area contributed by atoms with Crippen molar-refractivity contribution in [1.29, 1.82) is 0 Å². The van der Waals surface area contributed by atoms with Crippen LogP contribution in [-0.4, -0.2) is 0 Å². The van der Waals surface area contributed by atoms with Gasteiger partial charge in [0.1, 0.15) is 0 Å². The van der Waals surface area contributed by atoms with Crippen LogP contribution in [0.1, 0.15) is 36.3 Å². The molecule has 0 amide bonds. The van der Waals surface area contributed by atoms with E-state index in [0.717, 1.165) is 25.2 Å². The van der Waals surface area contributed by atoms with Gasteiger partial charge < -0.3 is 0 Å². The largest absolute Gasteiger partial charge is 0.103 e. The van der Waals surface area contributed by atoms with Crippen LogP contribution in [0.3, 0.4) is 0 Å². The number of allylic oxidation sites excluding steroid dienone is 3. The fourth-order valence-electron chi connectivity index (χ4n) is 2.43. The Morgan fingerprint density at radius 2 is 2.06 bits per heavy atom. The third-order valence-corrected chi connectivity index (χ3v) is 3.51.